The number of rotatable bonds is 2. The van der Waals surface area contributed by atoms with Crippen molar-refractivity contribution in [3.63, 3.8) is 0 Å². The lowest BCUT2D eigenvalue weighted by Crippen LogP contribution is -2.30. The molecule has 2 N–H and O–H groups in total. The molecule has 20 heavy (non-hydrogen) atoms. The lowest BCUT2D eigenvalue weighted by molar-refractivity contribution is -0.167. The van der Waals surface area contributed by atoms with Gasteiger partial charge in [0.05, 0.1) is 12.8 Å². The SMILES string of the molecule is COC(=O)Nc1nc(F)c(F)cc1NC(=O)C(F)(F)F. The first-order valence-corrected chi connectivity index (χ1v) is 4.74. The number of halogens is 5. The maximum absolute atomic E-state index is 12.9. The smallest absolute Gasteiger partial charge is 0.453 e. The van der Waals surface area contributed by atoms with Crippen molar-refractivity contribution in [2.24, 2.45) is 0 Å². The molecule has 6 nitrogen and oxygen atoms in total. The maximum atomic E-state index is 12.9. The van der Waals surface area contributed by atoms with Crippen molar-refractivity contribution in [3.05, 3.63) is 17.8 Å². The predicted molar refractivity (Wildman–Crippen MR) is 54.9 cm³/mol. The van der Waals surface area contributed by atoms with Crippen molar-refractivity contribution in [3.8, 4) is 0 Å². The normalized spacial score (nSPS) is 10.9. The molecular weight excluding hydrogens is 293 g/mol. The van der Waals surface area contributed by atoms with Gasteiger partial charge in [-0.1, -0.05) is 0 Å². The third-order valence-corrected chi connectivity index (χ3v) is 1.84. The van der Waals surface area contributed by atoms with Crippen molar-refractivity contribution < 1.29 is 36.3 Å². The molecule has 1 aromatic rings. The zero-order valence-electron chi connectivity index (χ0n) is 9.64. The lowest BCUT2D eigenvalue weighted by atomic mass is 10.3. The highest BCUT2D eigenvalue weighted by Crippen LogP contribution is 2.25. The van der Waals surface area contributed by atoms with E-state index in [0.717, 1.165) is 7.11 Å². The van der Waals surface area contributed by atoms with Gasteiger partial charge in [0.1, 0.15) is 0 Å². The van der Waals surface area contributed by atoms with Gasteiger partial charge in [0.25, 0.3) is 5.95 Å². The van der Waals surface area contributed by atoms with Gasteiger partial charge in [0.15, 0.2) is 11.6 Å². The van der Waals surface area contributed by atoms with Crippen LogP contribution in [0.15, 0.2) is 6.07 Å². The molecule has 1 heterocycles. The van der Waals surface area contributed by atoms with Crippen LogP contribution in [0.5, 0.6) is 0 Å². The zero-order chi connectivity index (χ0) is 15.5. The van der Waals surface area contributed by atoms with Crippen LogP contribution in [0.2, 0.25) is 0 Å². The summed E-state index contributed by atoms with van der Waals surface area (Å²) in [7, 11) is 0.920. The van der Waals surface area contributed by atoms with Gasteiger partial charge in [-0.3, -0.25) is 10.1 Å². The van der Waals surface area contributed by atoms with Crippen LogP contribution in [0.3, 0.4) is 0 Å². The van der Waals surface area contributed by atoms with Crippen LogP contribution in [0, 0.1) is 11.8 Å². The van der Waals surface area contributed by atoms with Gasteiger partial charge in [-0.15, -0.1) is 0 Å². The molecule has 0 aliphatic heterocycles. The number of carbonyl (C=O) groups excluding carboxylic acids is 2. The van der Waals surface area contributed by atoms with E-state index in [0.29, 0.717) is 0 Å². The Balaban J connectivity index is 3.13. The van der Waals surface area contributed by atoms with Crippen molar-refractivity contribution in [2.45, 2.75) is 6.18 Å². The van der Waals surface area contributed by atoms with E-state index in [-0.39, 0.29) is 6.07 Å². The molecule has 0 saturated carbocycles. The molecule has 0 bridgehead atoms. The molecule has 110 valence electrons. The largest absolute Gasteiger partial charge is 0.471 e. The van der Waals surface area contributed by atoms with Gasteiger partial charge >= 0.3 is 18.2 Å². The number of amides is 2. The number of hydrogen-bond acceptors (Lipinski definition) is 4. The first kappa shape index (κ1) is 15.6. The number of nitrogens with zero attached hydrogens (tertiary/aromatic N) is 1. The second-order valence-electron chi connectivity index (χ2n) is 3.23. The molecule has 0 atom stereocenters. The summed E-state index contributed by atoms with van der Waals surface area (Å²) in [5.74, 6) is -6.58. The summed E-state index contributed by atoms with van der Waals surface area (Å²) >= 11 is 0. The van der Waals surface area contributed by atoms with E-state index in [1.54, 1.807) is 5.32 Å². The van der Waals surface area contributed by atoms with Gasteiger partial charge < -0.3 is 10.1 Å². The Morgan fingerprint density at radius 1 is 1.25 bits per heavy atom. The number of methoxy groups -OCH3 is 1. The van der Waals surface area contributed by atoms with Crippen molar-refractivity contribution >= 4 is 23.5 Å². The van der Waals surface area contributed by atoms with Crippen LogP contribution in [-0.4, -0.2) is 30.3 Å². The minimum absolute atomic E-state index is 0.233. The fourth-order valence-electron chi connectivity index (χ4n) is 0.998. The fraction of sp³-hybridized carbons (Fsp3) is 0.222. The van der Waals surface area contributed by atoms with E-state index in [2.05, 4.69) is 9.72 Å². The van der Waals surface area contributed by atoms with Gasteiger partial charge in [0.2, 0.25) is 0 Å². The summed E-state index contributed by atoms with van der Waals surface area (Å²) in [5.41, 5.74) is -0.878. The summed E-state index contributed by atoms with van der Waals surface area (Å²) in [6, 6.07) is 0.233. The fourth-order valence-corrected chi connectivity index (χ4v) is 0.998. The monoisotopic (exact) mass is 299 g/mol. The average molecular weight is 299 g/mol. The molecule has 0 aliphatic carbocycles. The number of carbonyl (C=O) groups is 2. The number of pyridine rings is 1. The quantitative estimate of drug-likeness (QED) is 0.647. The molecule has 0 fully saturated rings. The summed E-state index contributed by atoms with van der Waals surface area (Å²) in [6.07, 6.45) is -6.46. The van der Waals surface area contributed by atoms with Gasteiger partial charge in [0, 0.05) is 6.07 Å². The minimum Gasteiger partial charge on any atom is -0.453 e. The summed E-state index contributed by atoms with van der Waals surface area (Å²) in [6.45, 7) is 0. The molecule has 0 aromatic carbocycles. The molecule has 1 rings (SSSR count). The number of nitrogens with one attached hydrogen (secondary N) is 2. The Hall–Kier alpha value is -2.46. The molecule has 2 amide bonds. The summed E-state index contributed by atoms with van der Waals surface area (Å²) in [5, 5.41) is 2.97. The standard InChI is InChI=1S/C9H6F5N3O3/c1-20-8(19)17-6-4(2-3(10)5(11)16-6)15-7(18)9(12,13)14/h2H,1H3,(H,15,18)(H,16,17,19). The van der Waals surface area contributed by atoms with Crippen molar-refractivity contribution in [1.82, 2.24) is 4.98 Å². The molecule has 0 unspecified atom stereocenters. The van der Waals surface area contributed by atoms with Crippen LogP contribution in [0.1, 0.15) is 0 Å². The number of ether oxygens (including phenoxy) is 1. The zero-order valence-corrected chi connectivity index (χ0v) is 9.64. The van der Waals surface area contributed by atoms with Gasteiger partial charge in [-0.25, -0.2) is 9.18 Å². The van der Waals surface area contributed by atoms with E-state index >= 15 is 0 Å². The van der Waals surface area contributed by atoms with E-state index in [4.69, 9.17) is 0 Å². The highest BCUT2D eigenvalue weighted by molar-refractivity contribution is 5.99. The summed E-state index contributed by atoms with van der Waals surface area (Å²) < 4.78 is 66.1. The van der Waals surface area contributed by atoms with Crippen LogP contribution in [-0.2, 0) is 9.53 Å². The Kier molecular flexibility index (Phi) is 4.42. The van der Waals surface area contributed by atoms with E-state index < -0.39 is 41.4 Å². The summed E-state index contributed by atoms with van der Waals surface area (Å²) in [4.78, 5) is 24.5. The minimum atomic E-state index is -5.26. The predicted octanol–water partition coefficient (Wildman–Crippen LogP) is 2.04. The van der Waals surface area contributed by atoms with Crippen molar-refractivity contribution in [1.29, 1.82) is 0 Å². The first-order valence-electron chi connectivity index (χ1n) is 4.74. The molecule has 0 aliphatic rings. The maximum Gasteiger partial charge on any atom is 0.471 e. The topological polar surface area (TPSA) is 80.3 Å². The molecular formula is C9H6F5N3O3. The third-order valence-electron chi connectivity index (χ3n) is 1.84. The Labute approximate surface area is 107 Å². The van der Waals surface area contributed by atoms with E-state index in [1.165, 1.54) is 5.32 Å². The van der Waals surface area contributed by atoms with Crippen LogP contribution in [0.4, 0.5) is 38.3 Å². The Morgan fingerprint density at radius 3 is 2.35 bits per heavy atom. The number of anilines is 2. The van der Waals surface area contributed by atoms with Crippen LogP contribution >= 0.6 is 0 Å². The number of alkyl halides is 3. The molecule has 1 aromatic heterocycles. The number of hydrogen-bond donors (Lipinski definition) is 2. The van der Waals surface area contributed by atoms with E-state index in [1.807, 2.05) is 0 Å². The van der Waals surface area contributed by atoms with Crippen LogP contribution in [0.25, 0.3) is 0 Å². The lowest BCUT2D eigenvalue weighted by Gasteiger charge is -2.12. The molecule has 0 spiro atoms. The van der Waals surface area contributed by atoms with Gasteiger partial charge in [-0.05, 0) is 0 Å². The van der Waals surface area contributed by atoms with Gasteiger partial charge in [-0.2, -0.15) is 22.5 Å². The highest BCUT2D eigenvalue weighted by Gasteiger charge is 2.39. The van der Waals surface area contributed by atoms with E-state index in [9.17, 15) is 31.5 Å². The molecule has 0 radical (unpaired) electrons. The average Bonchev–Trinajstić information content (AvgIpc) is 2.33. The number of aromatic nitrogens is 1. The van der Waals surface area contributed by atoms with Crippen molar-refractivity contribution in [2.75, 3.05) is 17.7 Å². The Bertz CT molecular complexity index is 546. The second kappa shape index (κ2) is 5.67. The first-order chi connectivity index (χ1) is 9.15. The highest BCUT2D eigenvalue weighted by atomic mass is 19.4. The van der Waals surface area contributed by atoms with Crippen LogP contribution < -0.4 is 10.6 Å². The third kappa shape index (κ3) is 3.76. The second-order valence-corrected chi connectivity index (χ2v) is 3.23. The molecule has 11 heteroatoms. The molecule has 0 saturated heterocycles. The Morgan fingerprint density at radius 2 is 1.85 bits per heavy atom.